The second-order valence-corrected chi connectivity index (χ2v) is 12.2. The van der Waals surface area contributed by atoms with Gasteiger partial charge in [-0.25, -0.2) is 26.3 Å². The molecule has 1 atom stereocenters. The van der Waals surface area contributed by atoms with Gasteiger partial charge in [-0.2, -0.15) is 0 Å². The third-order valence-corrected chi connectivity index (χ3v) is 8.62. The molecule has 3 aromatic rings. The number of hydrogen-bond acceptors (Lipinski definition) is 4. The Morgan fingerprint density at radius 1 is 0.758 bits per heavy atom. The fourth-order valence-electron chi connectivity index (χ4n) is 3.58. The summed E-state index contributed by atoms with van der Waals surface area (Å²) in [6.07, 6.45) is 0.539. The first kappa shape index (κ1) is 25.1. The lowest BCUT2D eigenvalue weighted by atomic mass is 10.0. The maximum atomic E-state index is 13.1. The fourth-order valence-corrected chi connectivity index (χ4v) is 6.03. The van der Waals surface area contributed by atoms with Crippen LogP contribution in [0, 0.1) is 5.92 Å². The van der Waals surface area contributed by atoms with Crippen LogP contribution < -0.4 is 9.44 Å². The highest BCUT2D eigenvalue weighted by Crippen LogP contribution is 2.29. The summed E-state index contributed by atoms with van der Waals surface area (Å²) in [6.45, 7) is 4.24. The lowest BCUT2D eigenvalue weighted by Gasteiger charge is -2.20. The van der Waals surface area contributed by atoms with Crippen LogP contribution in [0.2, 0.25) is 0 Å². The Bertz CT molecular complexity index is 1250. The molecule has 1 unspecified atom stereocenters. The topological polar surface area (TPSA) is 92.3 Å². The van der Waals surface area contributed by atoms with E-state index in [-0.39, 0.29) is 17.4 Å². The molecule has 33 heavy (non-hydrogen) atoms. The van der Waals surface area contributed by atoms with Gasteiger partial charge in [-0.3, -0.25) is 0 Å². The Morgan fingerprint density at radius 2 is 1.30 bits per heavy atom. The smallest absolute Gasteiger partial charge is 0.214 e. The molecule has 0 spiro atoms. The van der Waals surface area contributed by atoms with Crippen molar-refractivity contribution in [2.75, 3.05) is 7.05 Å². The largest absolute Gasteiger partial charge is 0.240 e. The predicted molar refractivity (Wildman–Crippen MR) is 133 cm³/mol. The van der Waals surface area contributed by atoms with Gasteiger partial charge in [-0.05, 0) is 53.8 Å². The summed E-state index contributed by atoms with van der Waals surface area (Å²) in [4.78, 5) is 0.203. The molecule has 176 valence electrons. The average molecular weight is 487 g/mol. The molecule has 0 bridgehead atoms. The zero-order valence-electron chi connectivity index (χ0n) is 19.0. The maximum Gasteiger partial charge on any atom is 0.240 e. The van der Waals surface area contributed by atoms with Gasteiger partial charge in [0.1, 0.15) is 5.25 Å². The van der Waals surface area contributed by atoms with E-state index in [1.165, 1.54) is 7.05 Å². The van der Waals surface area contributed by atoms with Gasteiger partial charge in [-0.1, -0.05) is 80.6 Å². The normalized spacial score (nSPS) is 13.2. The van der Waals surface area contributed by atoms with Crippen molar-refractivity contribution in [3.63, 3.8) is 0 Å². The molecule has 0 amide bonds. The van der Waals surface area contributed by atoms with E-state index in [2.05, 4.69) is 9.44 Å². The van der Waals surface area contributed by atoms with E-state index in [9.17, 15) is 16.8 Å². The lowest BCUT2D eigenvalue weighted by molar-refractivity contribution is 0.522. The van der Waals surface area contributed by atoms with Gasteiger partial charge in [0.2, 0.25) is 20.0 Å². The monoisotopic (exact) mass is 486 g/mol. The summed E-state index contributed by atoms with van der Waals surface area (Å²) in [5.41, 5.74) is 3.42. The quantitative estimate of drug-likeness (QED) is 0.442. The first-order chi connectivity index (χ1) is 15.6. The van der Waals surface area contributed by atoms with E-state index in [0.717, 1.165) is 22.3 Å². The Labute approximate surface area is 197 Å². The first-order valence-electron chi connectivity index (χ1n) is 10.8. The molecule has 0 aliphatic rings. The highest BCUT2D eigenvalue weighted by atomic mass is 32.2. The minimum atomic E-state index is -3.57. The second-order valence-electron chi connectivity index (χ2n) is 8.32. The lowest BCUT2D eigenvalue weighted by Crippen LogP contribution is -2.29. The van der Waals surface area contributed by atoms with Crippen LogP contribution in [0.5, 0.6) is 0 Å². The fraction of sp³-hybridized carbons (Fsp3) is 0.280. The van der Waals surface area contributed by atoms with Gasteiger partial charge in [0, 0.05) is 6.54 Å². The van der Waals surface area contributed by atoms with Crippen LogP contribution in [-0.4, -0.2) is 23.9 Å². The van der Waals surface area contributed by atoms with E-state index < -0.39 is 25.3 Å². The molecular weight excluding hydrogens is 456 g/mol. The number of nitrogens with one attached hydrogen (secondary N) is 2. The molecular formula is C25H30N2O4S2. The van der Waals surface area contributed by atoms with Gasteiger partial charge >= 0.3 is 0 Å². The van der Waals surface area contributed by atoms with Gasteiger partial charge < -0.3 is 0 Å². The maximum absolute atomic E-state index is 13.1. The molecule has 0 aliphatic carbocycles. The first-order valence-corrected chi connectivity index (χ1v) is 13.8. The Hall–Kier alpha value is -2.52. The Kier molecular flexibility index (Phi) is 8.07. The van der Waals surface area contributed by atoms with Crippen LogP contribution in [0.15, 0.2) is 83.8 Å². The van der Waals surface area contributed by atoms with Crippen molar-refractivity contribution < 1.29 is 16.8 Å². The molecule has 6 nitrogen and oxygen atoms in total. The van der Waals surface area contributed by atoms with E-state index >= 15 is 0 Å². The van der Waals surface area contributed by atoms with Crippen LogP contribution in [0.1, 0.15) is 36.6 Å². The van der Waals surface area contributed by atoms with E-state index in [0.29, 0.717) is 6.42 Å². The summed E-state index contributed by atoms with van der Waals surface area (Å²) in [5.74, 6) is 0.237. The zero-order chi connectivity index (χ0) is 24.1. The van der Waals surface area contributed by atoms with Crippen LogP contribution in [0.4, 0.5) is 0 Å². The molecule has 3 rings (SSSR count). The van der Waals surface area contributed by atoms with Gasteiger partial charge in [0.15, 0.2) is 0 Å². The van der Waals surface area contributed by atoms with E-state index in [4.69, 9.17) is 0 Å². The summed E-state index contributed by atoms with van der Waals surface area (Å²) < 4.78 is 55.0. The number of benzene rings is 3. The van der Waals surface area contributed by atoms with Crippen LogP contribution in [0.3, 0.4) is 0 Å². The molecule has 3 aromatic carbocycles. The molecule has 8 heteroatoms. The van der Waals surface area contributed by atoms with Crippen molar-refractivity contribution >= 4 is 20.0 Å². The van der Waals surface area contributed by atoms with E-state index in [1.807, 2.05) is 68.4 Å². The van der Waals surface area contributed by atoms with Crippen molar-refractivity contribution in [2.45, 2.75) is 37.0 Å². The molecule has 0 aliphatic heterocycles. The minimum absolute atomic E-state index is 0.198. The molecule has 0 heterocycles. The highest BCUT2D eigenvalue weighted by molar-refractivity contribution is 7.89. The van der Waals surface area contributed by atoms with Crippen LogP contribution >= 0.6 is 0 Å². The number of hydrogen-bond donors (Lipinski definition) is 2. The predicted octanol–water partition coefficient (Wildman–Crippen LogP) is 4.47. The molecule has 2 N–H and O–H groups in total. The number of sulfonamides is 2. The molecule has 0 saturated carbocycles. The number of rotatable bonds is 10. The van der Waals surface area contributed by atoms with Gasteiger partial charge in [0.05, 0.1) is 4.90 Å². The zero-order valence-corrected chi connectivity index (χ0v) is 20.7. The van der Waals surface area contributed by atoms with Crippen molar-refractivity contribution in [1.82, 2.24) is 9.44 Å². The summed E-state index contributed by atoms with van der Waals surface area (Å²) in [5, 5.41) is -0.606. The van der Waals surface area contributed by atoms with Crippen LogP contribution in [-0.2, 0) is 26.6 Å². The molecule has 0 radical (unpaired) electrons. The van der Waals surface area contributed by atoms with Crippen molar-refractivity contribution in [3.05, 3.63) is 90.0 Å². The van der Waals surface area contributed by atoms with E-state index in [1.54, 1.807) is 24.3 Å². The minimum Gasteiger partial charge on any atom is -0.214 e. The summed E-state index contributed by atoms with van der Waals surface area (Å²) in [7, 11) is -5.66. The third-order valence-electron chi connectivity index (χ3n) is 5.43. The molecule has 0 aromatic heterocycles. The van der Waals surface area contributed by atoms with Crippen molar-refractivity contribution in [2.24, 2.45) is 5.92 Å². The van der Waals surface area contributed by atoms with Gasteiger partial charge in [-0.15, -0.1) is 0 Å². The third kappa shape index (κ3) is 6.51. The Balaban J connectivity index is 1.71. The van der Waals surface area contributed by atoms with Crippen molar-refractivity contribution in [1.29, 1.82) is 0 Å². The standard InChI is InChI=1S/C25H30N2O4S2/c1-19(2)17-25(23-7-5-4-6-8-23)33(30,31)27-18-20-9-11-21(12-10-20)22-13-15-24(16-14-22)32(28,29)26-3/h4-16,19,25-27H,17-18H2,1-3H3. The SMILES string of the molecule is CNS(=O)(=O)c1ccc(-c2ccc(CNS(=O)(=O)C(CC(C)C)c3ccccc3)cc2)cc1. The second kappa shape index (κ2) is 10.6. The molecule has 0 fully saturated rings. The van der Waals surface area contributed by atoms with Crippen LogP contribution in [0.25, 0.3) is 11.1 Å². The van der Waals surface area contributed by atoms with Crippen molar-refractivity contribution in [3.8, 4) is 11.1 Å². The Morgan fingerprint density at radius 3 is 1.82 bits per heavy atom. The summed E-state index contributed by atoms with van der Waals surface area (Å²) in [6, 6.07) is 23.5. The molecule has 0 saturated heterocycles. The average Bonchev–Trinajstić information content (AvgIpc) is 2.82. The highest BCUT2D eigenvalue weighted by Gasteiger charge is 2.27. The van der Waals surface area contributed by atoms with Gasteiger partial charge in [0.25, 0.3) is 0 Å². The summed E-state index contributed by atoms with van der Waals surface area (Å²) >= 11 is 0.